The lowest BCUT2D eigenvalue weighted by molar-refractivity contribution is 0.0696. The fourth-order valence-electron chi connectivity index (χ4n) is 1.75. The second-order valence-corrected chi connectivity index (χ2v) is 5.63. The summed E-state index contributed by atoms with van der Waals surface area (Å²) in [5.74, 6) is -0.984. The summed E-state index contributed by atoms with van der Waals surface area (Å²) in [4.78, 5) is 10.9. The van der Waals surface area contributed by atoms with Crippen molar-refractivity contribution in [2.45, 2.75) is 17.7 Å². The van der Waals surface area contributed by atoms with Gasteiger partial charge in [-0.1, -0.05) is 6.07 Å². The minimum Gasteiger partial charge on any atom is -0.478 e. The Morgan fingerprint density at radius 1 is 1.33 bits per heavy atom. The van der Waals surface area contributed by atoms with Crippen LogP contribution in [0.15, 0.2) is 23.1 Å². The highest BCUT2D eigenvalue weighted by atomic mass is 32.2. The topological polar surface area (TPSA) is 71.4 Å². The molecule has 0 unspecified atom stereocenters. The van der Waals surface area contributed by atoms with Crippen molar-refractivity contribution in [1.82, 2.24) is 0 Å². The molecule has 0 fully saturated rings. The van der Waals surface area contributed by atoms with Crippen LogP contribution in [0.1, 0.15) is 22.3 Å². The lowest BCUT2D eigenvalue weighted by Crippen LogP contribution is -2.16. The molecule has 0 aliphatic carbocycles. The Morgan fingerprint density at radius 3 is 2.73 bits per heavy atom. The average molecular weight is 226 g/mol. The summed E-state index contributed by atoms with van der Waals surface area (Å²) in [5, 5.41) is 8.76. The summed E-state index contributed by atoms with van der Waals surface area (Å²) < 4.78 is 23.3. The molecule has 15 heavy (non-hydrogen) atoms. The van der Waals surface area contributed by atoms with Gasteiger partial charge in [-0.25, -0.2) is 13.2 Å². The summed E-state index contributed by atoms with van der Waals surface area (Å²) in [6.45, 7) is 0. The fraction of sp³-hybridized carbons (Fsp3) is 0.300. The molecule has 2 rings (SSSR count). The summed E-state index contributed by atoms with van der Waals surface area (Å²) in [7, 11) is -3.26. The third-order valence-electron chi connectivity index (χ3n) is 2.51. The molecule has 0 spiro atoms. The van der Waals surface area contributed by atoms with Crippen molar-refractivity contribution in [3.05, 3.63) is 29.3 Å². The quantitative estimate of drug-likeness (QED) is 0.778. The predicted octanol–water partition coefficient (Wildman–Crippen LogP) is 1.10. The molecule has 0 saturated heterocycles. The van der Waals surface area contributed by atoms with E-state index in [0.717, 1.165) is 5.56 Å². The molecule has 0 aromatic heterocycles. The van der Waals surface area contributed by atoms with Crippen molar-refractivity contribution < 1.29 is 18.3 Å². The highest BCUT2D eigenvalue weighted by molar-refractivity contribution is 7.91. The van der Waals surface area contributed by atoms with Crippen molar-refractivity contribution in [2.75, 3.05) is 5.75 Å². The van der Waals surface area contributed by atoms with Crippen molar-refractivity contribution in [1.29, 1.82) is 0 Å². The maximum absolute atomic E-state index is 11.7. The zero-order valence-electron chi connectivity index (χ0n) is 7.93. The normalized spacial score (nSPS) is 18.1. The Bertz CT molecular complexity index is 516. The van der Waals surface area contributed by atoms with E-state index in [9.17, 15) is 13.2 Å². The lowest BCUT2D eigenvalue weighted by Gasteiger charge is -2.16. The van der Waals surface area contributed by atoms with E-state index in [1.54, 1.807) is 6.07 Å². The lowest BCUT2D eigenvalue weighted by atomic mass is 10.1. The number of aromatic carboxylic acids is 1. The molecule has 1 N–H and O–H groups in total. The van der Waals surface area contributed by atoms with Crippen LogP contribution in [0.25, 0.3) is 0 Å². The van der Waals surface area contributed by atoms with E-state index in [2.05, 4.69) is 0 Å². The fourth-order valence-corrected chi connectivity index (χ4v) is 3.37. The molecule has 1 aromatic rings. The number of carbonyl (C=O) groups is 1. The average Bonchev–Trinajstić information content (AvgIpc) is 2.17. The van der Waals surface area contributed by atoms with Gasteiger partial charge in [0.2, 0.25) is 0 Å². The Hall–Kier alpha value is -1.36. The van der Waals surface area contributed by atoms with Crippen LogP contribution in [0.4, 0.5) is 0 Å². The van der Waals surface area contributed by atoms with Gasteiger partial charge in [-0.3, -0.25) is 0 Å². The molecule has 1 aromatic carbocycles. The van der Waals surface area contributed by atoms with Crippen molar-refractivity contribution >= 4 is 15.8 Å². The maximum atomic E-state index is 11.7. The Labute approximate surface area is 87.5 Å². The molecular formula is C10H10O4S. The SMILES string of the molecule is O=C(O)c1ccc2c(c1)S(=O)(=O)CCC2. The molecule has 0 radical (unpaired) electrons. The van der Waals surface area contributed by atoms with Crippen molar-refractivity contribution in [3.63, 3.8) is 0 Å². The third kappa shape index (κ3) is 1.74. The molecule has 5 heteroatoms. The maximum Gasteiger partial charge on any atom is 0.335 e. The van der Waals surface area contributed by atoms with Gasteiger partial charge in [0.05, 0.1) is 16.2 Å². The minimum atomic E-state index is -3.26. The number of fused-ring (bicyclic) bond motifs is 1. The minimum absolute atomic E-state index is 0.0271. The molecular weight excluding hydrogens is 216 g/mol. The Kier molecular flexibility index (Phi) is 2.26. The van der Waals surface area contributed by atoms with Crippen LogP contribution in [0.3, 0.4) is 0 Å². The third-order valence-corrected chi connectivity index (χ3v) is 4.38. The van der Waals surface area contributed by atoms with Gasteiger partial charge in [-0.2, -0.15) is 0 Å². The largest absolute Gasteiger partial charge is 0.478 e. The van der Waals surface area contributed by atoms with Crippen LogP contribution in [0, 0.1) is 0 Å². The number of carboxylic acid groups (broad SMARTS) is 1. The van der Waals surface area contributed by atoms with Gasteiger partial charge in [-0.05, 0) is 30.5 Å². The number of sulfone groups is 1. The van der Waals surface area contributed by atoms with Gasteiger partial charge in [-0.15, -0.1) is 0 Å². The first kappa shape index (κ1) is 10.2. The summed E-state index contributed by atoms with van der Waals surface area (Å²) in [5.41, 5.74) is 0.755. The first-order valence-corrected chi connectivity index (χ1v) is 6.25. The summed E-state index contributed by atoms with van der Waals surface area (Å²) >= 11 is 0. The number of carboxylic acids is 1. The van der Waals surface area contributed by atoms with Crippen molar-refractivity contribution in [2.24, 2.45) is 0 Å². The predicted molar refractivity (Wildman–Crippen MR) is 53.8 cm³/mol. The van der Waals surface area contributed by atoms with Gasteiger partial charge in [0.15, 0.2) is 9.84 Å². The zero-order chi connectivity index (χ0) is 11.1. The number of hydrogen-bond donors (Lipinski definition) is 1. The van der Waals surface area contributed by atoms with Crippen molar-refractivity contribution in [3.8, 4) is 0 Å². The van der Waals surface area contributed by atoms with Gasteiger partial charge in [0.1, 0.15) is 0 Å². The molecule has 4 nitrogen and oxygen atoms in total. The molecule has 0 amide bonds. The molecule has 0 saturated carbocycles. The molecule has 1 heterocycles. The van der Waals surface area contributed by atoms with Gasteiger partial charge < -0.3 is 5.11 Å². The zero-order valence-corrected chi connectivity index (χ0v) is 8.75. The number of rotatable bonds is 1. The van der Waals surface area contributed by atoms with E-state index in [4.69, 9.17) is 5.11 Å². The van der Waals surface area contributed by atoms with Gasteiger partial charge >= 0.3 is 5.97 Å². The number of aryl methyl sites for hydroxylation is 1. The standard InChI is InChI=1S/C10H10O4S/c11-10(12)8-4-3-7-2-1-5-15(13,14)9(7)6-8/h3-4,6H,1-2,5H2,(H,11,12). The van der Waals surface area contributed by atoms with Crippen LogP contribution in [0.2, 0.25) is 0 Å². The second-order valence-electron chi connectivity index (χ2n) is 3.55. The van der Waals surface area contributed by atoms with E-state index >= 15 is 0 Å². The van der Waals surface area contributed by atoms with E-state index in [-0.39, 0.29) is 16.2 Å². The van der Waals surface area contributed by atoms with Gasteiger partial charge in [0.25, 0.3) is 0 Å². The number of benzene rings is 1. The molecule has 1 aliphatic heterocycles. The van der Waals surface area contributed by atoms with E-state index < -0.39 is 15.8 Å². The van der Waals surface area contributed by atoms with Gasteiger partial charge in [0, 0.05) is 0 Å². The summed E-state index contributed by atoms with van der Waals surface area (Å²) in [6, 6.07) is 4.30. The van der Waals surface area contributed by atoms with Crippen LogP contribution in [-0.4, -0.2) is 25.2 Å². The highest BCUT2D eigenvalue weighted by Crippen LogP contribution is 2.25. The smallest absolute Gasteiger partial charge is 0.335 e. The van der Waals surface area contributed by atoms with Crippen LogP contribution in [-0.2, 0) is 16.3 Å². The van der Waals surface area contributed by atoms with E-state index in [1.165, 1.54) is 12.1 Å². The highest BCUT2D eigenvalue weighted by Gasteiger charge is 2.24. The summed E-state index contributed by atoms with van der Waals surface area (Å²) in [6.07, 6.45) is 1.32. The Balaban J connectivity index is 2.64. The van der Waals surface area contributed by atoms with Crippen LogP contribution in [0.5, 0.6) is 0 Å². The Morgan fingerprint density at radius 2 is 2.07 bits per heavy atom. The van der Waals surface area contributed by atoms with Crippen LogP contribution < -0.4 is 0 Å². The van der Waals surface area contributed by atoms with Crippen LogP contribution >= 0.6 is 0 Å². The molecule has 0 bridgehead atoms. The monoisotopic (exact) mass is 226 g/mol. The molecule has 80 valence electrons. The second kappa shape index (κ2) is 3.34. The first-order valence-electron chi connectivity index (χ1n) is 4.60. The number of hydrogen-bond acceptors (Lipinski definition) is 3. The van der Waals surface area contributed by atoms with E-state index in [1.807, 2.05) is 0 Å². The molecule has 1 aliphatic rings. The first-order chi connectivity index (χ1) is 7.00. The molecule has 0 atom stereocenters. The van der Waals surface area contributed by atoms with E-state index in [0.29, 0.717) is 12.8 Å².